The van der Waals surface area contributed by atoms with Crippen molar-refractivity contribution in [1.29, 1.82) is 0 Å². The van der Waals surface area contributed by atoms with Crippen LogP contribution in [0.3, 0.4) is 0 Å². The highest BCUT2D eigenvalue weighted by Gasteiger charge is 2.29. The van der Waals surface area contributed by atoms with Crippen molar-refractivity contribution in [2.24, 2.45) is 0 Å². The van der Waals surface area contributed by atoms with Gasteiger partial charge < -0.3 is 12.4 Å². The number of hydrogen-bond acceptors (Lipinski definition) is 0. The summed E-state index contributed by atoms with van der Waals surface area (Å²) in [4.78, 5) is 0. The topological polar surface area (TPSA) is 0 Å². The minimum absolute atomic E-state index is 0. The highest BCUT2D eigenvalue weighted by atomic mass is 35.5. The van der Waals surface area contributed by atoms with E-state index in [0.29, 0.717) is 5.02 Å². The van der Waals surface area contributed by atoms with E-state index in [4.69, 9.17) is 11.6 Å². The molecule has 0 fully saturated rings. The number of rotatable bonds is 0. The van der Waals surface area contributed by atoms with Crippen molar-refractivity contribution >= 4 is 11.6 Å². The molecule has 1 aromatic carbocycles. The maximum absolute atomic E-state index is 11.9. The molecule has 68 valence electrons. The lowest BCUT2D eigenvalue weighted by molar-refractivity contribution is -0.137. The van der Waals surface area contributed by atoms with Gasteiger partial charge in [0.1, 0.15) is 0 Å². The Morgan fingerprint density at radius 2 is 1.42 bits per heavy atom. The number of hydrogen-bond donors (Lipinski definition) is 0. The SMILES string of the molecule is FC(F)(F)c1ccc(Cl)cc1.[Cl-]. The van der Waals surface area contributed by atoms with Gasteiger partial charge in [-0.25, -0.2) is 0 Å². The zero-order chi connectivity index (χ0) is 8.48. The Morgan fingerprint density at radius 1 is 1.00 bits per heavy atom. The van der Waals surface area contributed by atoms with Gasteiger partial charge in [0.15, 0.2) is 0 Å². The van der Waals surface area contributed by atoms with Crippen LogP contribution in [0.25, 0.3) is 0 Å². The summed E-state index contributed by atoms with van der Waals surface area (Å²) in [5, 5.41) is 0.304. The average Bonchev–Trinajstić information content (AvgIpc) is 1.86. The maximum Gasteiger partial charge on any atom is 0.416 e. The van der Waals surface area contributed by atoms with Gasteiger partial charge in [-0.15, -0.1) is 0 Å². The molecule has 0 saturated carbocycles. The Balaban J connectivity index is 0.00000121. The zero-order valence-electron chi connectivity index (χ0n) is 5.70. The Hall–Kier alpha value is -0.410. The van der Waals surface area contributed by atoms with Crippen molar-refractivity contribution in [3.63, 3.8) is 0 Å². The van der Waals surface area contributed by atoms with Crippen molar-refractivity contribution in [3.8, 4) is 0 Å². The quantitative estimate of drug-likeness (QED) is 0.587. The molecule has 0 aliphatic heterocycles. The Morgan fingerprint density at radius 3 is 1.75 bits per heavy atom. The Kier molecular flexibility index (Phi) is 3.87. The molecule has 0 aliphatic carbocycles. The fourth-order valence-corrected chi connectivity index (χ4v) is 0.765. The molecule has 1 rings (SSSR count). The lowest BCUT2D eigenvalue weighted by Gasteiger charge is -2.04. The molecular formula is C7H4Cl2F3-. The average molecular weight is 216 g/mol. The van der Waals surface area contributed by atoms with Gasteiger partial charge in [0.2, 0.25) is 0 Å². The first-order valence-corrected chi connectivity index (χ1v) is 3.21. The molecule has 0 atom stereocenters. The molecule has 0 N–H and O–H groups in total. The van der Waals surface area contributed by atoms with Crippen LogP contribution in [0.4, 0.5) is 13.2 Å². The molecule has 5 heteroatoms. The summed E-state index contributed by atoms with van der Waals surface area (Å²) in [6.07, 6.45) is -4.27. The van der Waals surface area contributed by atoms with Crippen LogP contribution in [0.5, 0.6) is 0 Å². The van der Waals surface area contributed by atoms with Crippen LogP contribution < -0.4 is 12.4 Å². The minimum Gasteiger partial charge on any atom is -1.00 e. The molecule has 0 nitrogen and oxygen atoms in total. The van der Waals surface area contributed by atoms with E-state index in [1.165, 1.54) is 12.1 Å². The number of benzene rings is 1. The van der Waals surface area contributed by atoms with E-state index in [-0.39, 0.29) is 12.4 Å². The molecule has 0 amide bonds. The number of halogens is 5. The lowest BCUT2D eigenvalue weighted by atomic mass is 10.2. The molecule has 1 aromatic rings. The van der Waals surface area contributed by atoms with E-state index >= 15 is 0 Å². The second-order valence-electron chi connectivity index (χ2n) is 2.00. The van der Waals surface area contributed by atoms with Crippen LogP contribution in [-0.4, -0.2) is 0 Å². The van der Waals surface area contributed by atoms with Gasteiger partial charge in [-0.2, -0.15) is 13.2 Å². The van der Waals surface area contributed by atoms with Crippen molar-refractivity contribution < 1.29 is 25.6 Å². The van der Waals surface area contributed by atoms with Gasteiger partial charge in [-0.05, 0) is 24.3 Å². The van der Waals surface area contributed by atoms with E-state index in [1.807, 2.05) is 0 Å². The third-order valence-corrected chi connectivity index (χ3v) is 1.42. The minimum atomic E-state index is -4.27. The third kappa shape index (κ3) is 2.91. The first-order valence-electron chi connectivity index (χ1n) is 2.83. The van der Waals surface area contributed by atoms with Gasteiger partial charge >= 0.3 is 6.18 Å². The summed E-state index contributed by atoms with van der Waals surface area (Å²) in [5.74, 6) is 0. The maximum atomic E-state index is 11.9. The predicted octanol–water partition coefficient (Wildman–Crippen LogP) is 0.363. The molecule has 0 aliphatic rings. The van der Waals surface area contributed by atoms with Crippen LogP contribution in [0, 0.1) is 0 Å². The highest BCUT2D eigenvalue weighted by Crippen LogP contribution is 2.29. The molecular weight excluding hydrogens is 212 g/mol. The summed E-state index contributed by atoms with van der Waals surface area (Å²) in [7, 11) is 0. The van der Waals surface area contributed by atoms with Crippen LogP contribution in [0.2, 0.25) is 5.02 Å². The first kappa shape index (κ1) is 11.6. The van der Waals surface area contributed by atoms with E-state index in [1.54, 1.807) is 0 Å². The molecule has 0 radical (unpaired) electrons. The third-order valence-electron chi connectivity index (χ3n) is 1.17. The van der Waals surface area contributed by atoms with E-state index in [9.17, 15) is 13.2 Å². The second-order valence-corrected chi connectivity index (χ2v) is 2.44. The smallest absolute Gasteiger partial charge is 0.416 e. The summed E-state index contributed by atoms with van der Waals surface area (Å²) in [6, 6.07) is 4.32. The first-order chi connectivity index (χ1) is 5.00. The van der Waals surface area contributed by atoms with Crippen molar-refractivity contribution in [2.75, 3.05) is 0 Å². The summed E-state index contributed by atoms with van der Waals surface area (Å²) in [6.45, 7) is 0. The predicted molar refractivity (Wildman–Crippen MR) is 36.5 cm³/mol. The normalized spacial score (nSPS) is 10.7. The zero-order valence-corrected chi connectivity index (χ0v) is 7.21. The fourth-order valence-electron chi connectivity index (χ4n) is 0.639. The second kappa shape index (κ2) is 4.01. The molecule has 12 heavy (non-hydrogen) atoms. The van der Waals surface area contributed by atoms with Gasteiger partial charge in [0.05, 0.1) is 5.56 Å². The summed E-state index contributed by atoms with van der Waals surface area (Å²) in [5.41, 5.74) is -0.679. The molecule has 0 aromatic heterocycles. The van der Waals surface area contributed by atoms with Crippen molar-refractivity contribution in [3.05, 3.63) is 34.9 Å². The van der Waals surface area contributed by atoms with E-state index in [2.05, 4.69) is 0 Å². The fraction of sp³-hybridized carbons (Fsp3) is 0.143. The van der Waals surface area contributed by atoms with Gasteiger partial charge in [0.25, 0.3) is 0 Å². The van der Waals surface area contributed by atoms with Crippen molar-refractivity contribution in [1.82, 2.24) is 0 Å². The van der Waals surface area contributed by atoms with Crippen LogP contribution in [0.1, 0.15) is 5.56 Å². The lowest BCUT2D eigenvalue weighted by Crippen LogP contribution is -3.00. The molecule has 0 saturated heterocycles. The monoisotopic (exact) mass is 215 g/mol. The van der Waals surface area contributed by atoms with Gasteiger partial charge in [-0.3, -0.25) is 0 Å². The van der Waals surface area contributed by atoms with Crippen LogP contribution >= 0.6 is 11.6 Å². The Bertz CT molecular complexity index is 240. The standard InChI is InChI=1S/C7H4ClF3.ClH/c8-6-3-1-5(2-4-6)7(9,10)11;/h1-4H;1H/p-1. The van der Waals surface area contributed by atoms with Crippen LogP contribution in [-0.2, 0) is 6.18 Å². The van der Waals surface area contributed by atoms with E-state index < -0.39 is 11.7 Å². The molecule has 0 heterocycles. The Labute approximate surface area is 78.7 Å². The molecule has 0 unspecified atom stereocenters. The van der Waals surface area contributed by atoms with Gasteiger partial charge in [-0.1, -0.05) is 11.6 Å². The van der Waals surface area contributed by atoms with Gasteiger partial charge in [0, 0.05) is 5.02 Å². The van der Waals surface area contributed by atoms with Crippen LogP contribution in [0.15, 0.2) is 24.3 Å². The molecule has 0 spiro atoms. The van der Waals surface area contributed by atoms with Crippen molar-refractivity contribution in [2.45, 2.75) is 6.18 Å². The highest BCUT2D eigenvalue weighted by molar-refractivity contribution is 6.30. The largest absolute Gasteiger partial charge is 1.00 e. The summed E-state index contributed by atoms with van der Waals surface area (Å²) >= 11 is 5.39. The number of alkyl halides is 3. The summed E-state index contributed by atoms with van der Waals surface area (Å²) < 4.78 is 35.6. The van der Waals surface area contributed by atoms with E-state index in [0.717, 1.165) is 12.1 Å². The molecule has 0 bridgehead atoms.